The van der Waals surface area contributed by atoms with Crippen molar-refractivity contribution < 1.29 is 26.7 Å². The van der Waals surface area contributed by atoms with E-state index < -0.39 is 34.8 Å². The number of amides is 1. The van der Waals surface area contributed by atoms with Crippen LogP contribution < -0.4 is 15.1 Å². The molecule has 0 radical (unpaired) electrons. The molecule has 2 aromatic rings. The van der Waals surface area contributed by atoms with Crippen LogP contribution in [-0.2, 0) is 4.79 Å². The Balaban J connectivity index is 1.06. The molecule has 5 fully saturated rings. The van der Waals surface area contributed by atoms with Crippen molar-refractivity contribution in [3.05, 3.63) is 53.4 Å². The molecule has 1 N–H and O–H groups in total. The number of benzene rings is 2. The zero-order valence-electron chi connectivity index (χ0n) is 20.5. The predicted octanol–water partition coefficient (Wildman–Crippen LogP) is 6.25. The normalized spacial score (nSPS) is 28.6. The minimum Gasteiger partial charge on any atom is -0.368 e. The number of piperazine rings is 1. The Bertz CT molecular complexity index is 1140. The van der Waals surface area contributed by atoms with Gasteiger partial charge in [0.1, 0.15) is 5.69 Å². The van der Waals surface area contributed by atoms with Gasteiger partial charge in [0.25, 0.3) is 0 Å². The van der Waals surface area contributed by atoms with Gasteiger partial charge in [0.15, 0.2) is 23.3 Å². The molecule has 1 saturated heterocycles. The first-order valence-corrected chi connectivity index (χ1v) is 13.1. The van der Waals surface area contributed by atoms with Crippen LogP contribution >= 0.6 is 0 Å². The lowest BCUT2D eigenvalue weighted by Crippen LogP contribution is -2.47. The maximum absolute atomic E-state index is 14.2. The van der Waals surface area contributed by atoms with Crippen LogP contribution in [0.15, 0.2) is 24.3 Å². The van der Waals surface area contributed by atoms with E-state index in [1.165, 1.54) is 43.4 Å². The molecule has 2 aromatic carbocycles. The lowest BCUT2D eigenvalue weighted by molar-refractivity contribution is -0.124. The number of rotatable bonds is 5. The molecular formula is C28H30F5N3O. The van der Waals surface area contributed by atoms with Crippen molar-refractivity contribution in [2.24, 2.45) is 23.2 Å². The van der Waals surface area contributed by atoms with Gasteiger partial charge in [-0.1, -0.05) is 0 Å². The van der Waals surface area contributed by atoms with Gasteiger partial charge in [-0.05, 0) is 86.0 Å². The fraction of sp³-hybridized carbons (Fsp3) is 0.536. The Hall–Kier alpha value is -2.84. The van der Waals surface area contributed by atoms with Gasteiger partial charge in [0, 0.05) is 44.0 Å². The third kappa shape index (κ3) is 4.44. The Morgan fingerprint density at radius 2 is 1.19 bits per heavy atom. The third-order valence-corrected chi connectivity index (χ3v) is 9.00. The molecule has 5 aliphatic rings. The van der Waals surface area contributed by atoms with E-state index >= 15 is 0 Å². The summed E-state index contributed by atoms with van der Waals surface area (Å²) >= 11 is 0. The largest absolute Gasteiger partial charge is 0.368 e. The number of hydrogen-bond donors (Lipinski definition) is 1. The third-order valence-electron chi connectivity index (χ3n) is 9.00. The summed E-state index contributed by atoms with van der Waals surface area (Å²) < 4.78 is 69.0. The van der Waals surface area contributed by atoms with Gasteiger partial charge >= 0.3 is 0 Å². The van der Waals surface area contributed by atoms with Gasteiger partial charge in [0.05, 0.1) is 0 Å². The molecule has 37 heavy (non-hydrogen) atoms. The molecule has 0 unspecified atom stereocenters. The van der Waals surface area contributed by atoms with Gasteiger partial charge in [-0.2, -0.15) is 0 Å². The van der Waals surface area contributed by atoms with Crippen LogP contribution in [0.5, 0.6) is 0 Å². The van der Waals surface area contributed by atoms with Crippen molar-refractivity contribution in [2.75, 3.05) is 41.3 Å². The lowest BCUT2D eigenvalue weighted by Gasteiger charge is -2.56. The summed E-state index contributed by atoms with van der Waals surface area (Å²) in [7, 11) is 0. The summed E-state index contributed by atoms with van der Waals surface area (Å²) in [4.78, 5) is 16.1. The molecular weight excluding hydrogens is 489 g/mol. The molecule has 7 rings (SSSR count). The standard InChI is InChI=1S/C28H30F5N3O/c29-22-23(30)25(32)27(26(33)24(22)31)36-7-5-35(6-8-36)20-3-1-19(2-4-20)34-21(37)15-28-12-16-9-17(13-28)11-18(10-16)14-28/h1-4,16-18H,5-15H2,(H,34,37). The SMILES string of the molecule is O=C(CC12CC3CC(CC(C3)C1)C2)Nc1ccc(N2CCN(c3c(F)c(F)c(F)c(F)c3F)CC2)cc1. The van der Waals surface area contributed by atoms with Crippen molar-refractivity contribution >= 4 is 23.0 Å². The Kier molecular flexibility index (Phi) is 6.07. The zero-order chi connectivity index (χ0) is 25.9. The Labute approximate surface area is 212 Å². The van der Waals surface area contributed by atoms with E-state index in [4.69, 9.17) is 0 Å². The van der Waals surface area contributed by atoms with Crippen LogP contribution in [0, 0.1) is 52.3 Å². The van der Waals surface area contributed by atoms with Crippen LogP contribution in [0.1, 0.15) is 44.9 Å². The number of carbonyl (C=O) groups is 1. The van der Waals surface area contributed by atoms with E-state index in [0.29, 0.717) is 19.5 Å². The van der Waals surface area contributed by atoms with Crippen molar-refractivity contribution in [3.8, 4) is 0 Å². The van der Waals surface area contributed by atoms with E-state index in [0.717, 1.165) is 29.1 Å². The molecule has 0 spiro atoms. The molecule has 0 atom stereocenters. The van der Waals surface area contributed by atoms with E-state index in [9.17, 15) is 26.7 Å². The topological polar surface area (TPSA) is 35.6 Å². The molecule has 198 valence electrons. The first-order chi connectivity index (χ1) is 17.7. The summed E-state index contributed by atoms with van der Waals surface area (Å²) in [5, 5.41) is 3.05. The maximum atomic E-state index is 14.2. The molecule has 1 heterocycles. The van der Waals surface area contributed by atoms with Crippen LogP contribution in [0.3, 0.4) is 0 Å². The lowest BCUT2D eigenvalue weighted by atomic mass is 9.49. The summed E-state index contributed by atoms with van der Waals surface area (Å²) in [6.07, 6.45) is 8.17. The van der Waals surface area contributed by atoms with Crippen molar-refractivity contribution in [2.45, 2.75) is 44.9 Å². The molecule has 4 aliphatic carbocycles. The van der Waals surface area contributed by atoms with Crippen molar-refractivity contribution in [3.63, 3.8) is 0 Å². The summed E-state index contributed by atoms with van der Waals surface area (Å²) in [5.41, 5.74) is 0.871. The number of carbonyl (C=O) groups excluding carboxylic acids is 1. The molecule has 4 saturated carbocycles. The first kappa shape index (κ1) is 24.5. The number of halogens is 5. The number of anilines is 3. The van der Waals surface area contributed by atoms with E-state index in [1.54, 1.807) is 0 Å². The fourth-order valence-electron chi connectivity index (χ4n) is 7.87. The number of nitrogens with zero attached hydrogens (tertiary/aromatic N) is 2. The van der Waals surface area contributed by atoms with Gasteiger partial charge in [0.2, 0.25) is 11.7 Å². The van der Waals surface area contributed by atoms with Crippen LogP contribution in [0.2, 0.25) is 0 Å². The highest BCUT2D eigenvalue weighted by molar-refractivity contribution is 5.91. The average Bonchev–Trinajstić information content (AvgIpc) is 2.86. The molecule has 1 aliphatic heterocycles. The Morgan fingerprint density at radius 3 is 1.70 bits per heavy atom. The van der Waals surface area contributed by atoms with E-state index in [1.807, 2.05) is 29.2 Å². The second kappa shape index (κ2) is 9.17. The highest BCUT2D eigenvalue weighted by Gasteiger charge is 2.51. The second-order valence-corrected chi connectivity index (χ2v) is 11.6. The van der Waals surface area contributed by atoms with Gasteiger partial charge in [-0.25, -0.2) is 22.0 Å². The van der Waals surface area contributed by atoms with Crippen LogP contribution in [-0.4, -0.2) is 32.1 Å². The van der Waals surface area contributed by atoms with E-state index in [2.05, 4.69) is 5.32 Å². The van der Waals surface area contributed by atoms with Crippen molar-refractivity contribution in [1.82, 2.24) is 0 Å². The fourth-order valence-corrected chi connectivity index (χ4v) is 7.87. The molecule has 4 bridgehead atoms. The summed E-state index contributed by atoms with van der Waals surface area (Å²) in [5.74, 6) is -7.17. The average molecular weight is 520 g/mol. The van der Waals surface area contributed by atoms with Gasteiger partial charge in [-0.3, -0.25) is 4.79 Å². The molecule has 1 amide bonds. The molecule has 9 heteroatoms. The zero-order valence-corrected chi connectivity index (χ0v) is 20.5. The Morgan fingerprint density at radius 1 is 0.730 bits per heavy atom. The van der Waals surface area contributed by atoms with Gasteiger partial charge in [-0.15, -0.1) is 0 Å². The highest BCUT2D eigenvalue weighted by atomic mass is 19.2. The first-order valence-electron chi connectivity index (χ1n) is 13.1. The predicted molar refractivity (Wildman–Crippen MR) is 131 cm³/mol. The highest BCUT2D eigenvalue weighted by Crippen LogP contribution is 2.61. The van der Waals surface area contributed by atoms with Gasteiger partial charge < -0.3 is 15.1 Å². The van der Waals surface area contributed by atoms with E-state index in [-0.39, 0.29) is 24.4 Å². The molecule has 4 nitrogen and oxygen atoms in total. The smallest absolute Gasteiger partial charge is 0.224 e. The quantitative estimate of drug-likeness (QED) is 0.288. The van der Waals surface area contributed by atoms with Crippen LogP contribution in [0.4, 0.5) is 39.0 Å². The summed E-state index contributed by atoms with van der Waals surface area (Å²) in [6, 6.07) is 7.41. The minimum atomic E-state index is -2.15. The number of nitrogens with one attached hydrogen (secondary N) is 1. The molecule has 0 aromatic heterocycles. The monoisotopic (exact) mass is 519 g/mol. The van der Waals surface area contributed by atoms with Crippen molar-refractivity contribution in [1.29, 1.82) is 0 Å². The minimum absolute atomic E-state index is 0.0612. The second-order valence-electron chi connectivity index (χ2n) is 11.6. The summed E-state index contributed by atoms with van der Waals surface area (Å²) in [6.45, 7) is 0.887. The number of hydrogen-bond acceptors (Lipinski definition) is 3. The van der Waals surface area contributed by atoms with Crippen LogP contribution in [0.25, 0.3) is 0 Å². The maximum Gasteiger partial charge on any atom is 0.224 e.